The van der Waals surface area contributed by atoms with E-state index >= 15 is 0 Å². The van der Waals surface area contributed by atoms with E-state index in [0.29, 0.717) is 15.8 Å². The lowest BCUT2D eigenvalue weighted by Gasteiger charge is -2.20. The molecule has 1 unspecified atom stereocenters. The summed E-state index contributed by atoms with van der Waals surface area (Å²) in [6.45, 7) is 3.74. The Morgan fingerprint density at radius 2 is 2.15 bits per heavy atom. The van der Waals surface area contributed by atoms with Crippen molar-refractivity contribution in [3.63, 3.8) is 0 Å². The quantitative estimate of drug-likeness (QED) is 0.852. The zero-order valence-electron chi connectivity index (χ0n) is 11.4. The zero-order chi connectivity index (χ0) is 15.0. The molecule has 0 fully saturated rings. The van der Waals surface area contributed by atoms with E-state index in [9.17, 15) is 9.18 Å². The number of carbonyl (C=O) groups is 1. The summed E-state index contributed by atoms with van der Waals surface area (Å²) in [5, 5.41) is 0. The molecule has 0 spiro atoms. The Morgan fingerprint density at radius 3 is 2.65 bits per heavy atom. The maximum absolute atomic E-state index is 13.7. The molecule has 2 rings (SSSR count). The Morgan fingerprint density at radius 1 is 1.50 bits per heavy atom. The van der Waals surface area contributed by atoms with Gasteiger partial charge in [0.2, 0.25) is 5.91 Å². The van der Waals surface area contributed by atoms with Gasteiger partial charge in [0, 0.05) is 12.1 Å². The number of imidazole rings is 1. The molecule has 0 aliphatic rings. The van der Waals surface area contributed by atoms with Gasteiger partial charge in [0.1, 0.15) is 6.04 Å². The van der Waals surface area contributed by atoms with Crippen molar-refractivity contribution in [3.05, 3.63) is 22.7 Å². The third-order valence-corrected chi connectivity index (χ3v) is 3.49. The van der Waals surface area contributed by atoms with Crippen molar-refractivity contribution in [1.82, 2.24) is 9.55 Å². The van der Waals surface area contributed by atoms with Crippen LogP contribution in [0.1, 0.15) is 19.9 Å². The molecule has 2 aromatic rings. The van der Waals surface area contributed by atoms with E-state index in [1.54, 1.807) is 4.57 Å². The van der Waals surface area contributed by atoms with Gasteiger partial charge in [-0.3, -0.25) is 4.79 Å². The number of amides is 1. The van der Waals surface area contributed by atoms with Crippen LogP contribution in [0.5, 0.6) is 5.75 Å². The summed E-state index contributed by atoms with van der Waals surface area (Å²) in [6, 6.07) is 2.19. The number of hydrogen-bond acceptors (Lipinski definition) is 3. The topological polar surface area (TPSA) is 73.0 Å². The lowest BCUT2D eigenvalue weighted by atomic mass is 10.0. The number of nitrogens with zero attached hydrogens (tertiary/aromatic N) is 1. The van der Waals surface area contributed by atoms with Crippen LogP contribution in [-0.4, -0.2) is 22.6 Å². The van der Waals surface area contributed by atoms with Gasteiger partial charge in [0.25, 0.3) is 0 Å². The highest BCUT2D eigenvalue weighted by molar-refractivity contribution is 7.71. The fourth-order valence-corrected chi connectivity index (χ4v) is 2.64. The standard InChI is InChI=1S/C13H16FN3O2S/c1-6(2)11(12(15)18)17-9-5-10(19-3)7(14)4-8(9)16-13(17)20/h4-6,11H,1-3H3,(H2,15,18)(H,16,20). The molecule has 7 heteroatoms. The van der Waals surface area contributed by atoms with E-state index in [1.165, 1.54) is 19.2 Å². The van der Waals surface area contributed by atoms with Crippen molar-refractivity contribution in [2.75, 3.05) is 7.11 Å². The molecule has 1 aromatic heterocycles. The van der Waals surface area contributed by atoms with E-state index < -0.39 is 17.8 Å². The average Bonchev–Trinajstić information content (AvgIpc) is 2.64. The van der Waals surface area contributed by atoms with Crippen molar-refractivity contribution in [3.8, 4) is 5.75 Å². The maximum Gasteiger partial charge on any atom is 0.240 e. The van der Waals surface area contributed by atoms with Gasteiger partial charge in [0.05, 0.1) is 18.1 Å². The second-order valence-electron chi connectivity index (χ2n) is 4.90. The van der Waals surface area contributed by atoms with Gasteiger partial charge in [0.15, 0.2) is 16.3 Å². The van der Waals surface area contributed by atoms with Gasteiger partial charge >= 0.3 is 0 Å². The SMILES string of the molecule is COc1cc2c(cc1F)[nH]c(=S)n2C(C(N)=O)C(C)C. The van der Waals surface area contributed by atoms with Crippen molar-refractivity contribution in [2.45, 2.75) is 19.9 Å². The molecule has 1 amide bonds. The second kappa shape index (κ2) is 5.24. The number of aromatic nitrogens is 2. The second-order valence-corrected chi connectivity index (χ2v) is 5.28. The molecule has 3 N–H and O–H groups in total. The van der Waals surface area contributed by atoms with E-state index in [2.05, 4.69) is 4.98 Å². The Hall–Kier alpha value is -1.89. The summed E-state index contributed by atoms with van der Waals surface area (Å²) >= 11 is 5.23. The summed E-state index contributed by atoms with van der Waals surface area (Å²) in [4.78, 5) is 14.6. The molecule has 20 heavy (non-hydrogen) atoms. The maximum atomic E-state index is 13.7. The Labute approximate surface area is 120 Å². The highest BCUT2D eigenvalue weighted by Gasteiger charge is 2.25. The number of nitrogens with one attached hydrogen (secondary N) is 1. The number of rotatable bonds is 4. The highest BCUT2D eigenvalue weighted by atomic mass is 32.1. The Kier molecular flexibility index (Phi) is 3.80. The first-order chi connectivity index (χ1) is 9.36. The lowest BCUT2D eigenvalue weighted by Crippen LogP contribution is -2.30. The first kappa shape index (κ1) is 14.5. The smallest absolute Gasteiger partial charge is 0.240 e. The largest absolute Gasteiger partial charge is 0.494 e. The van der Waals surface area contributed by atoms with Crippen LogP contribution in [0.25, 0.3) is 11.0 Å². The van der Waals surface area contributed by atoms with Gasteiger partial charge in [-0.25, -0.2) is 4.39 Å². The number of hydrogen-bond donors (Lipinski definition) is 2. The summed E-state index contributed by atoms with van der Waals surface area (Å²) in [5.41, 5.74) is 6.55. The van der Waals surface area contributed by atoms with Gasteiger partial charge in [-0.15, -0.1) is 0 Å². The molecule has 0 aliphatic carbocycles. The van der Waals surface area contributed by atoms with Crippen LogP contribution in [0.3, 0.4) is 0 Å². The predicted octanol–water partition coefficient (Wildman–Crippen LogP) is 2.53. The van der Waals surface area contributed by atoms with Crippen LogP contribution in [0.15, 0.2) is 12.1 Å². The van der Waals surface area contributed by atoms with E-state index in [4.69, 9.17) is 22.7 Å². The number of primary amides is 1. The molecule has 108 valence electrons. The number of H-pyrrole nitrogens is 1. The van der Waals surface area contributed by atoms with E-state index in [-0.39, 0.29) is 11.7 Å². The predicted molar refractivity (Wildman–Crippen MR) is 76.7 cm³/mol. The molecule has 1 aromatic carbocycles. The number of ether oxygens (including phenoxy) is 1. The molecule has 0 saturated heterocycles. The van der Waals surface area contributed by atoms with Crippen LogP contribution in [0.2, 0.25) is 0 Å². The number of fused-ring (bicyclic) bond motifs is 1. The van der Waals surface area contributed by atoms with Crippen LogP contribution in [0.4, 0.5) is 4.39 Å². The summed E-state index contributed by atoms with van der Waals surface area (Å²) < 4.78 is 20.6. The number of halogens is 1. The van der Waals surface area contributed by atoms with Crippen molar-refractivity contribution in [2.24, 2.45) is 11.7 Å². The first-order valence-corrected chi connectivity index (χ1v) is 6.54. The lowest BCUT2D eigenvalue weighted by molar-refractivity contribution is -0.122. The zero-order valence-corrected chi connectivity index (χ0v) is 12.3. The molecular weight excluding hydrogens is 281 g/mol. The van der Waals surface area contributed by atoms with Gasteiger partial charge < -0.3 is 20.0 Å². The third kappa shape index (κ3) is 2.29. The Bertz CT molecular complexity index is 720. The molecule has 0 bridgehead atoms. The molecular formula is C13H16FN3O2S. The molecule has 0 saturated carbocycles. The average molecular weight is 297 g/mol. The normalized spacial score (nSPS) is 12.8. The minimum absolute atomic E-state index is 0.0470. The van der Waals surface area contributed by atoms with Gasteiger partial charge in [-0.1, -0.05) is 13.8 Å². The fraction of sp³-hybridized carbons (Fsp3) is 0.385. The summed E-state index contributed by atoms with van der Waals surface area (Å²) in [7, 11) is 1.38. The van der Waals surface area contributed by atoms with Gasteiger partial charge in [-0.05, 0) is 18.1 Å². The van der Waals surface area contributed by atoms with Crippen LogP contribution >= 0.6 is 12.2 Å². The number of aromatic amines is 1. The van der Waals surface area contributed by atoms with Crippen LogP contribution in [0, 0.1) is 16.5 Å². The summed E-state index contributed by atoms with van der Waals surface area (Å²) in [5.74, 6) is -0.940. The molecule has 0 aliphatic heterocycles. The highest BCUT2D eigenvalue weighted by Crippen LogP contribution is 2.29. The molecule has 0 radical (unpaired) electrons. The molecule has 1 heterocycles. The van der Waals surface area contributed by atoms with Crippen LogP contribution < -0.4 is 10.5 Å². The third-order valence-electron chi connectivity index (χ3n) is 3.19. The molecule has 5 nitrogen and oxygen atoms in total. The monoisotopic (exact) mass is 297 g/mol. The number of nitrogens with two attached hydrogens (primary N) is 1. The van der Waals surface area contributed by atoms with E-state index in [0.717, 1.165) is 0 Å². The van der Waals surface area contributed by atoms with E-state index in [1.807, 2.05) is 13.8 Å². The van der Waals surface area contributed by atoms with Crippen LogP contribution in [-0.2, 0) is 4.79 Å². The Balaban J connectivity index is 2.78. The fourth-order valence-electron chi connectivity index (χ4n) is 2.31. The molecule has 1 atom stereocenters. The number of benzene rings is 1. The van der Waals surface area contributed by atoms with Gasteiger partial charge in [-0.2, -0.15) is 0 Å². The minimum Gasteiger partial charge on any atom is -0.494 e. The minimum atomic E-state index is -0.605. The summed E-state index contributed by atoms with van der Waals surface area (Å²) in [6.07, 6.45) is 0. The first-order valence-electron chi connectivity index (χ1n) is 6.14. The van der Waals surface area contributed by atoms with Crippen molar-refractivity contribution >= 4 is 29.2 Å². The van der Waals surface area contributed by atoms with Crippen molar-refractivity contribution < 1.29 is 13.9 Å². The number of carbonyl (C=O) groups excluding carboxylic acids is 1. The number of methoxy groups -OCH3 is 1. The van der Waals surface area contributed by atoms with Crippen molar-refractivity contribution in [1.29, 1.82) is 0 Å².